The van der Waals surface area contributed by atoms with Crippen LogP contribution in [-0.2, 0) is 9.53 Å². The van der Waals surface area contributed by atoms with E-state index < -0.39 is 0 Å². The van der Waals surface area contributed by atoms with E-state index in [1.54, 1.807) is 0 Å². The summed E-state index contributed by atoms with van der Waals surface area (Å²) in [4.78, 5) is 11.0. The van der Waals surface area contributed by atoms with Gasteiger partial charge in [0.25, 0.3) is 0 Å². The summed E-state index contributed by atoms with van der Waals surface area (Å²) in [6.45, 7) is 0. The molecular weight excluding hydrogens is 178 g/mol. The first-order valence-electron chi connectivity index (χ1n) is 3.74. The Morgan fingerprint density at radius 1 is 1.67 bits per heavy atom. The monoisotopic (exact) mass is 191 g/mol. The highest BCUT2D eigenvalue weighted by atomic mass is 35.5. The minimum atomic E-state index is -0.148. The number of methoxy groups -OCH3 is 1. The summed E-state index contributed by atoms with van der Waals surface area (Å²) in [6, 6.07) is 0.0212. The first-order valence-corrected chi connectivity index (χ1v) is 3.74. The van der Waals surface area contributed by atoms with Crippen molar-refractivity contribution in [1.29, 1.82) is 0 Å². The van der Waals surface area contributed by atoms with Crippen molar-refractivity contribution in [2.75, 3.05) is 7.11 Å². The van der Waals surface area contributed by atoms with Crippen LogP contribution in [0.2, 0.25) is 0 Å². The van der Waals surface area contributed by atoms with E-state index in [-0.39, 0.29) is 30.3 Å². The standard InChI is InChI=1S/C8H13NO2.ClH/c1-11-8(10)6-3-2-4-7(9)5-6;/h2,4,6-7H,3,5,9H2,1H3;1H. The Morgan fingerprint density at radius 2 is 2.33 bits per heavy atom. The van der Waals surface area contributed by atoms with Gasteiger partial charge in [-0.3, -0.25) is 4.79 Å². The molecule has 0 amide bonds. The lowest BCUT2D eigenvalue weighted by molar-refractivity contribution is -0.145. The molecule has 0 saturated heterocycles. The largest absolute Gasteiger partial charge is 0.469 e. The summed E-state index contributed by atoms with van der Waals surface area (Å²) < 4.78 is 4.61. The number of rotatable bonds is 1. The number of nitrogens with two attached hydrogens (primary N) is 1. The maximum atomic E-state index is 11.0. The van der Waals surface area contributed by atoms with E-state index in [2.05, 4.69) is 4.74 Å². The Bertz CT molecular complexity index is 182. The zero-order chi connectivity index (χ0) is 8.27. The number of esters is 1. The topological polar surface area (TPSA) is 52.3 Å². The molecule has 0 aromatic heterocycles. The van der Waals surface area contributed by atoms with E-state index in [0.717, 1.165) is 6.42 Å². The van der Waals surface area contributed by atoms with E-state index in [9.17, 15) is 4.79 Å². The molecule has 1 aliphatic carbocycles. The molecule has 0 saturated carbocycles. The third-order valence-corrected chi connectivity index (χ3v) is 1.90. The molecule has 1 aliphatic rings. The van der Waals surface area contributed by atoms with Crippen LogP contribution in [0.1, 0.15) is 12.8 Å². The van der Waals surface area contributed by atoms with Crippen molar-refractivity contribution >= 4 is 18.4 Å². The molecule has 0 aromatic rings. The summed E-state index contributed by atoms with van der Waals surface area (Å²) in [6.07, 6.45) is 5.35. The number of hydrogen-bond acceptors (Lipinski definition) is 3. The van der Waals surface area contributed by atoms with E-state index in [1.165, 1.54) is 7.11 Å². The Kier molecular flexibility index (Phi) is 4.93. The average molecular weight is 192 g/mol. The third kappa shape index (κ3) is 2.83. The molecule has 2 N–H and O–H groups in total. The fourth-order valence-corrected chi connectivity index (χ4v) is 1.28. The van der Waals surface area contributed by atoms with Gasteiger partial charge in [-0.2, -0.15) is 0 Å². The maximum Gasteiger partial charge on any atom is 0.309 e. The SMILES string of the molecule is COC(=O)C1CC=CC(N)C1.Cl. The molecule has 4 heteroatoms. The first-order chi connectivity index (χ1) is 5.24. The third-order valence-electron chi connectivity index (χ3n) is 1.90. The number of halogens is 1. The molecule has 2 atom stereocenters. The molecule has 0 spiro atoms. The van der Waals surface area contributed by atoms with Crippen molar-refractivity contribution in [3.63, 3.8) is 0 Å². The summed E-state index contributed by atoms with van der Waals surface area (Å²) in [5, 5.41) is 0. The minimum Gasteiger partial charge on any atom is -0.469 e. The fraction of sp³-hybridized carbons (Fsp3) is 0.625. The lowest BCUT2D eigenvalue weighted by Gasteiger charge is -2.19. The number of carbonyl (C=O) groups excluding carboxylic acids is 1. The Hall–Kier alpha value is -0.540. The second kappa shape index (κ2) is 5.17. The van der Waals surface area contributed by atoms with Gasteiger partial charge in [0, 0.05) is 6.04 Å². The fourth-order valence-electron chi connectivity index (χ4n) is 1.28. The average Bonchev–Trinajstić information content (AvgIpc) is 2.03. The van der Waals surface area contributed by atoms with E-state index in [0.29, 0.717) is 6.42 Å². The van der Waals surface area contributed by atoms with Crippen LogP contribution in [0.3, 0.4) is 0 Å². The number of ether oxygens (including phenoxy) is 1. The highest BCUT2D eigenvalue weighted by molar-refractivity contribution is 5.85. The van der Waals surface area contributed by atoms with E-state index >= 15 is 0 Å². The smallest absolute Gasteiger partial charge is 0.309 e. The second-order valence-corrected chi connectivity index (χ2v) is 2.78. The van der Waals surface area contributed by atoms with Gasteiger partial charge in [-0.05, 0) is 12.8 Å². The Balaban J connectivity index is 0.00000121. The Morgan fingerprint density at radius 3 is 2.83 bits per heavy atom. The molecule has 0 fully saturated rings. The van der Waals surface area contributed by atoms with Gasteiger partial charge in [0.1, 0.15) is 0 Å². The minimum absolute atomic E-state index is 0. The molecule has 0 bridgehead atoms. The number of allylic oxidation sites excluding steroid dienone is 1. The molecule has 0 radical (unpaired) electrons. The van der Waals surface area contributed by atoms with Crippen molar-refractivity contribution in [2.45, 2.75) is 18.9 Å². The van der Waals surface area contributed by atoms with Gasteiger partial charge >= 0.3 is 5.97 Å². The van der Waals surface area contributed by atoms with Crippen LogP contribution >= 0.6 is 12.4 Å². The van der Waals surface area contributed by atoms with Crippen molar-refractivity contribution in [3.05, 3.63) is 12.2 Å². The Labute approximate surface area is 78.4 Å². The van der Waals surface area contributed by atoms with Gasteiger partial charge in [0.15, 0.2) is 0 Å². The van der Waals surface area contributed by atoms with Crippen LogP contribution in [0.15, 0.2) is 12.2 Å². The van der Waals surface area contributed by atoms with Crippen LogP contribution in [-0.4, -0.2) is 19.1 Å². The predicted molar refractivity (Wildman–Crippen MR) is 49.1 cm³/mol. The molecule has 3 nitrogen and oxygen atoms in total. The van der Waals surface area contributed by atoms with Crippen molar-refractivity contribution in [3.8, 4) is 0 Å². The lowest BCUT2D eigenvalue weighted by Crippen LogP contribution is -2.28. The van der Waals surface area contributed by atoms with Crippen LogP contribution in [0, 0.1) is 5.92 Å². The van der Waals surface area contributed by atoms with Gasteiger partial charge in [0.2, 0.25) is 0 Å². The van der Waals surface area contributed by atoms with Gasteiger partial charge < -0.3 is 10.5 Å². The molecule has 0 aliphatic heterocycles. The van der Waals surface area contributed by atoms with Gasteiger partial charge in [-0.15, -0.1) is 12.4 Å². The maximum absolute atomic E-state index is 11.0. The molecule has 0 heterocycles. The van der Waals surface area contributed by atoms with Crippen LogP contribution in [0.5, 0.6) is 0 Å². The zero-order valence-corrected chi connectivity index (χ0v) is 7.84. The molecule has 0 aromatic carbocycles. The lowest BCUT2D eigenvalue weighted by atomic mass is 9.92. The first kappa shape index (κ1) is 11.5. The van der Waals surface area contributed by atoms with Gasteiger partial charge in [-0.25, -0.2) is 0 Å². The quantitative estimate of drug-likeness (QED) is 0.495. The molecule has 70 valence electrons. The van der Waals surface area contributed by atoms with Crippen molar-refractivity contribution in [1.82, 2.24) is 0 Å². The van der Waals surface area contributed by atoms with E-state index in [4.69, 9.17) is 5.73 Å². The normalized spacial score (nSPS) is 27.5. The summed E-state index contributed by atoms with van der Waals surface area (Å²) >= 11 is 0. The van der Waals surface area contributed by atoms with Gasteiger partial charge in [0.05, 0.1) is 13.0 Å². The molecule has 2 unspecified atom stereocenters. The highest BCUT2D eigenvalue weighted by Crippen LogP contribution is 2.18. The number of carbonyl (C=O) groups is 1. The molecule has 12 heavy (non-hydrogen) atoms. The summed E-state index contributed by atoms with van der Waals surface area (Å²) in [5.74, 6) is -0.176. The molecular formula is C8H14ClNO2. The van der Waals surface area contributed by atoms with Crippen molar-refractivity contribution < 1.29 is 9.53 Å². The van der Waals surface area contributed by atoms with Crippen LogP contribution in [0.25, 0.3) is 0 Å². The van der Waals surface area contributed by atoms with Crippen molar-refractivity contribution in [2.24, 2.45) is 11.7 Å². The second-order valence-electron chi connectivity index (χ2n) is 2.78. The van der Waals surface area contributed by atoms with Crippen LogP contribution < -0.4 is 5.73 Å². The predicted octanol–water partition coefficient (Wildman–Crippen LogP) is 0.875. The van der Waals surface area contributed by atoms with Crippen LogP contribution in [0.4, 0.5) is 0 Å². The van der Waals surface area contributed by atoms with Gasteiger partial charge in [-0.1, -0.05) is 12.2 Å². The number of hydrogen-bond donors (Lipinski definition) is 1. The summed E-state index contributed by atoms with van der Waals surface area (Å²) in [7, 11) is 1.41. The summed E-state index contributed by atoms with van der Waals surface area (Å²) in [5.41, 5.74) is 5.62. The zero-order valence-electron chi connectivity index (χ0n) is 7.03. The van der Waals surface area contributed by atoms with E-state index in [1.807, 2.05) is 12.2 Å². The highest BCUT2D eigenvalue weighted by Gasteiger charge is 2.22. The molecule has 1 rings (SSSR count).